The Labute approximate surface area is 192 Å². The van der Waals surface area contributed by atoms with Gasteiger partial charge in [0.15, 0.2) is 5.96 Å². The van der Waals surface area contributed by atoms with Crippen LogP contribution in [-0.4, -0.2) is 58.4 Å². The maximum atomic E-state index is 4.60. The van der Waals surface area contributed by atoms with Gasteiger partial charge >= 0.3 is 0 Å². The summed E-state index contributed by atoms with van der Waals surface area (Å²) in [5, 5.41) is 5.75. The molecule has 2 aromatic rings. The van der Waals surface area contributed by atoms with E-state index < -0.39 is 0 Å². The van der Waals surface area contributed by atoms with E-state index in [1.807, 2.05) is 13.2 Å². The molecule has 0 aromatic carbocycles. The Morgan fingerprint density at radius 3 is 2.64 bits per heavy atom. The van der Waals surface area contributed by atoms with Crippen LogP contribution < -0.4 is 10.2 Å². The van der Waals surface area contributed by atoms with Gasteiger partial charge in [-0.25, -0.2) is 9.97 Å². The molecule has 1 fully saturated rings. The minimum atomic E-state index is 0. The number of halogens is 1. The first-order valence-electron chi connectivity index (χ1n) is 9.55. The Kier molecular flexibility index (Phi) is 9.35. The first-order chi connectivity index (χ1) is 13.1. The van der Waals surface area contributed by atoms with Gasteiger partial charge in [-0.2, -0.15) is 4.37 Å². The van der Waals surface area contributed by atoms with Crippen molar-refractivity contribution < 1.29 is 0 Å². The van der Waals surface area contributed by atoms with Gasteiger partial charge in [-0.05, 0) is 5.92 Å². The van der Waals surface area contributed by atoms with E-state index in [4.69, 9.17) is 0 Å². The van der Waals surface area contributed by atoms with E-state index in [0.717, 1.165) is 62.5 Å². The van der Waals surface area contributed by atoms with Gasteiger partial charge in [0.2, 0.25) is 5.13 Å². The fourth-order valence-corrected chi connectivity index (χ4v) is 4.87. The lowest BCUT2D eigenvalue weighted by molar-refractivity contribution is 0.372. The molecule has 1 N–H and O–H groups in total. The number of anilines is 1. The molecule has 2 aromatic heterocycles. The molecular formula is C18H30IN7S2. The van der Waals surface area contributed by atoms with Gasteiger partial charge in [-0.3, -0.25) is 4.99 Å². The molecule has 1 aliphatic heterocycles. The van der Waals surface area contributed by atoms with Crippen LogP contribution in [0.15, 0.2) is 11.2 Å². The molecule has 7 nitrogen and oxygen atoms in total. The van der Waals surface area contributed by atoms with Crippen LogP contribution in [0, 0.1) is 5.92 Å². The fraction of sp³-hybridized carbons (Fsp3) is 0.667. The average molecular weight is 536 g/mol. The van der Waals surface area contributed by atoms with Crippen molar-refractivity contribution in [2.45, 2.75) is 40.2 Å². The second kappa shape index (κ2) is 11.2. The zero-order chi connectivity index (χ0) is 19.2. The minimum Gasteiger partial charge on any atom is -0.351 e. The predicted octanol–water partition coefficient (Wildman–Crippen LogP) is 3.27. The number of aliphatic imine (C=N–C) groups is 1. The first-order valence-corrected chi connectivity index (χ1v) is 11.1. The zero-order valence-electron chi connectivity index (χ0n) is 17.0. The zero-order valence-corrected chi connectivity index (χ0v) is 21.0. The molecular weight excluding hydrogens is 505 g/mol. The highest BCUT2D eigenvalue weighted by Gasteiger charge is 2.22. The van der Waals surface area contributed by atoms with E-state index >= 15 is 0 Å². The Bertz CT molecular complexity index is 751. The van der Waals surface area contributed by atoms with Crippen LogP contribution in [0.4, 0.5) is 5.13 Å². The van der Waals surface area contributed by atoms with Crippen molar-refractivity contribution in [1.82, 2.24) is 24.6 Å². The normalized spacial score (nSPS) is 15.1. The van der Waals surface area contributed by atoms with Gasteiger partial charge in [0, 0.05) is 68.7 Å². The monoisotopic (exact) mass is 535 g/mol. The molecule has 0 unspecified atom stereocenters. The molecule has 0 atom stereocenters. The Hall–Kier alpha value is -1.01. The van der Waals surface area contributed by atoms with E-state index in [0.29, 0.717) is 5.92 Å². The van der Waals surface area contributed by atoms with Crippen LogP contribution in [0.2, 0.25) is 0 Å². The SMILES string of the molecule is CCc1nsc(N2CCN(C(=NC)NCc3cnc(CC(C)C)s3)CC2)n1.I. The summed E-state index contributed by atoms with van der Waals surface area (Å²) in [4.78, 5) is 19.5. The van der Waals surface area contributed by atoms with Crippen LogP contribution in [0.5, 0.6) is 0 Å². The minimum absolute atomic E-state index is 0. The highest BCUT2D eigenvalue weighted by molar-refractivity contribution is 14.0. The molecule has 3 heterocycles. The van der Waals surface area contributed by atoms with E-state index in [2.05, 4.69) is 55.2 Å². The van der Waals surface area contributed by atoms with Crippen molar-refractivity contribution in [3.63, 3.8) is 0 Å². The second-order valence-electron chi connectivity index (χ2n) is 7.04. The van der Waals surface area contributed by atoms with Crippen molar-refractivity contribution in [1.29, 1.82) is 0 Å². The molecule has 0 aliphatic carbocycles. The largest absolute Gasteiger partial charge is 0.351 e. The van der Waals surface area contributed by atoms with E-state index in [1.54, 1.807) is 11.3 Å². The summed E-state index contributed by atoms with van der Waals surface area (Å²) in [5.74, 6) is 2.54. The number of piperazine rings is 1. The molecule has 1 saturated heterocycles. The molecule has 28 heavy (non-hydrogen) atoms. The van der Waals surface area contributed by atoms with Crippen molar-refractivity contribution >= 4 is 57.9 Å². The third kappa shape index (κ3) is 6.24. The van der Waals surface area contributed by atoms with Crippen molar-refractivity contribution in [2.75, 3.05) is 38.1 Å². The van der Waals surface area contributed by atoms with Crippen molar-refractivity contribution in [3.05, 3.63) is 21.9 Å². The van der Waals surface area contributed by atoms with Crippen LogP contribution >= 0.6 is 46.8 Å². The fourth-order valence-electron chi connectivity index (χ4n) is 3.00. The Morgan fingerprint density at radius 2 is 2.04 bits per heavy atom. The molecule has 10 heteroatoms. The number of nitrogens with zero attached hydrogens (tertiary/aromatic N) is 6. The van der Waals surface area contributed by atoms with Gasteiger partial charge in [-0.1, -0.05) is 20.8 Å². The molecule has 0 bridgehead atoms. The standard InChI is InChI=1S/C18H29N7S2.HI/c1-5-15-22-18(27-23-15)25-8-6-24(7-9-25)17(19-4)21-12-14-11-20-16(26-14)10-13(2)3;/h11,13H,5-10,12H2,1-4H3,(H,19,21);1H. The molecule has 0 saturated carbocycles. The van der Waals surface area contributed by atoms with E-state index in [9.17, 15) is 0 Å². The highest BCUT2D eigenvalue weighted by atomic mass is 127. The number of nitrogens with one attached hydrogen (secondary N) is 1. The molecule has 0 amide bonds. The number of thiazole rings is 1. The summed E-state index contributed by atoms with van der Waals surface area (Å²) in [6, 6.07) is 0. The van der Waals surface area contributed by atoms with Gasteiger partial charge in [0.05, 0.1) is 11.6 Å². The highest BCUT2D eigenvalue weighted by Crippen LogP contribution is 2.20. The number of hydrogen-bond donors (Lipinski definition) is 1. The summed E-state index contributed by atoms with van der Waals surface area (Å²) in [6.07, 6.45) is 3.93. The summed E-state index contributed by atoms with van der Waals surface area (Å²) in [7, 11) is 1.85. The first kappa shape index (κ1) is 23.3. The van der Waals surface area contributed by atoms with Crippen LogP contribution in [0.1, 0.15) is 36.5 Å². The third-order valence-corrected chi connectivity index (χ3v) is 6.27. The van der Waals surface area contributed by atoms with Crippen molar-refractivity contribution in [3.8, 4) is 0 Å². The number of hydrogen-bond acceptors (Lipinski definition) is 7. The second-order valence-corrected chi connectivity index (χ2v) is 8.97. The number of rotatable bonds is 6. The smallest absolute Gasteiger partial charge is 0.205 e. The summed E-state index contributed by atoms with van der Waals surface area (Å²) in [5.41, 5.74) is 0. The Morgan fingerprint density at radius 1 is 1.29 bits per heavy atom. The lowest BCUT2D eigenvalue weighted by Crippen LogP contribution is -2.52. The molecule has 1 aliphatic rings. The van der Waals surface area contributed by atoms with Gasteiger partial charge < -0.3 is 15.1 Å². The number of aromatic nitrogens is 3. The van der Waals surface area contributed by atoms with Gasteiger partial charge in [-0.15, -0.1) is 35.3 Å². The summed E-state index contributed by atoms with van der Waals surface area (Å²) >= 11 is 3.30. The van der Waals surface area contributed by atoms with E-state index in [-0.39, 0.29) is 24.0 Å². The summed E-state index contributed by atoms with van der Waals surface area (Å²) in [6.45, 7) is 11.1. The number of aryl methyl sites for hydroxylation is 1. The Balaban J connectivity index is 0.00000280. The predicted molar refractivity (Wildman–Crippen MR) is 129 cm³/mol. The molecule has 0 radical (unpaired) electrons. The topological polar surface area (TPSA) is 69.5 Å². The lowest BCUT2D eigenvalue weighted by Gasteiger charge is -2.36. The quantitative estimate of drug-likeness (QED) is 0.348. The summed E-state index contributed by atoms with van der Waals surface area (Å²) < 4.78 is 4.40. The maximum Gasteiger partial charge on any atom is 0.205 e. The average Bonchev–Trinajstić information content (AvgIpc) is 3.32. The van der Waals surface area contributed by atoms with Gasteiger partial charge in [0.25, 0.3) is 0 Å². The lowest BCUT2D eigenvalue weighted by atomic mass is 10.1. The molecule has 156 valence electrons. The van der Waals surface area contributed by atoms with Crippen LogP contribution in [0.3, 0.4) is 0 Å². The maximum absolute atomic E-state index is 4.60. The van der Waals surface area contributed by atoms with Gasteiger partial charge in [0.1, 0.15) is 5.82 Å². The molecule has 3 rings (SSSR count). The van der Waals surface area contributed by atoms with Crippen molar-refractivity contribution in [2.24, 2.45) is 10.9 Å². The van der Waals surface area contributed by atoms with Crippen LogP contribution in [-0.2, 0) is 19.4 Å². The third-order valence-electron chi connectivity index (χ3n) is 4.44. The number of guanidine groups is 1. The molecule has 0 spiro atoms. The van der Waals surface area contributed by atoms with Crippen LogP contribution in [0.25, 0.3) is 0 Å². The van der Waals surface area contributed by atoms with E-state index in [1.165, 1.54) is 21.4 Å².